The van der Waals surface area contributed by atoms with Gasteiger partial charge in [-0.25, -0.2) is 14.3 Å². The van der Waals surface area contributed by atoms with E-state index in [-0.39, 0.29) is 0 Å². The van der Waals surface area contributed by atoms with Gasteiger partial charge >= 0.3 is 5.97 Å². The molecule has 0 spiro atoms. The Morgan fingerprint density at radius 1 is 1.50 bits per heavy atom. The predicted molar refractivity (Wildman–Crippen MR) is 58.4 cm³/mol. The number of esters is 1. The first-order valence-corrected chi connectivity index (χ1v) is 5.11. The molecule has 5 heteroatoms. The quantitative estimate of drug-likeness (QED) is 0.716. The van der Waals surface area contributed by atoms with E-state index in [1.54, 1.807) is 4.52 Å². The lowest BCUT2D eigenvalue weighted by Crippen LogP contribution is -2.10. The third-order valence-electron chi connectivity index (χ3n) is 2.40. The maximum Gasteiger partial charge on any atom is 0.358 e. The van der Waals surface area contributed by atoms with E-state index in [9.17, 15) is 4.79 Å². The SMILES string of the molecule is CCc1nc2ccc(C)nn2c1C(=O)OC. The molecule has 0 atom stereocenters. The van der Waals surface area contributed by atoms with Gasteiger partial charge in [-0.1, -0.05) is 6.92 Å². The fraction of sp³-hybridized carbons (Fsp3) is 0.364. The Balaban J connectivity index is 2.75. The van der Waals surface area contributed by atoms with Crippen LogP contribution in [0.2, 0.25) is 0 Å². The number of nitrogens with zero attached hydrogens (tertiary/aromatic N) is 3. The van der Waals surface area contributed by atoms with E-state index >= 15 is 0 Å². The zero-order valence-corrected chi connectivity index (χ0v) is 9.52. The normalized spacial score (nSPS) is 10.7. The molecule has 0 amide bonds. The van der Waals surface area contributed by atoms with Crippen LogP contribution in [0.3, 0.4) is 0 Å². The summed E-state index contributed by atoms with van der Waals surface area (Å²) in [5.41, 5.74) is 2.63. The molecule has 0 aliphatic rings. The summed E-state index contributed by atoms with van der Waals surface area (Å²) in [7, 11) is 1.36. The molecule has 0 N–H and O–H groups in total. The molecular formula is C11H13N3O2. The molecule has 2 aromatic heterocycles. The van der Waals surface area contributed by atoms with Gasteiger partial charge < -0.3 is 4.74 Å². The van der Waals surface area contributed by atoms with E-state index in [0.717, 1.165) is 5.69 Å². The van der Waals surface area contributed by atoms with Gasteiger partial charge in [0.15, 0.2) is 11.3 Å². The van der Waals surface area contributed by atoms with Crippen molar-refractivity contribution >= 4 is 11.6 Å². The number of imidazole rings is 1. The summed E-state index contributed by atoms with van der Waals surface area (Å²) in [6, 6.07) is 3.71. The summed E-state index contributed by atoms with van der Waals surface area (Å²) < 4.78 is 6.29. The summed E-state index contributed by atoms with van der Waals surface area (Å²) in [5.74, 6) is -0.401. The molecule has 2 rings (SSSR count). The highest BCUT2D eigenvalue weighted by molar-refractivity contribution is 5.89. The Morgan fingerprint density at radius 3 is 2.88 bits per heavy atom. The molecule has 16 heavy (non-hydrogen) atoms. The Kier molecular flexibility index (Phi) is 2.60. The van der Waals surface area contributed by atoms with Gasteiger partial charge in [0.05, 0.1) is 18.5 Å². The molecule has 0 aliphatic heterocycles. The molecule has 2 heterocycles. The van der Waals surface area contributed by atoms with E-state index in [1.807, 2.05) is 26.0 Å². The lowest BCUT2D eigenvalue weighted by atomic mass is 10.3. The van der Waals surface area contributed by atoms with Gasteiger partial charge in [-0.2, -0.15) is 5.10 Å². The molecule has 0 aliphatic carbocycles. The number of ether oxygens (including phenoxy) is 1. The van der Waals surface area contributed by atoms with Crippen molar-refractivity contribution in [2.75, 3.05) is 7.11 Å². The van der Waals surface area contributed by atoms with Gasteiger partial charge in [-0.3, -0.25) is 0 Å². The minimum Gasteiger partial charge on any atom is -0.464 e. The summed E-state index contributed by atoms with van der Waals surface area (Å²) in [5, 5.41) is 4.27. The van der Waals surface area contributed by atoms with Gasteiger partial charge in [0.25, 0.3) is 0 Å². The third kappa shape index (κ3) is 1.54. The Labute approximate surface area is 93.1 Å². The van der Waals surface area contributed by atoms with E-state index in [1.165, 1.54) is 7.11 Å². The van der Waals surface area contributed by atoms with Crippen molar-refractivity contribution in [1.29, 1.82) is 0 Å². The van der Waals surface area contributed by atoms with Crippen molar-refractivity contribution in [2.45, 2.75) is 20.3 Å². The van der Waals surface area contributed by atoms with E-state index in [2.05, 4.69) is 10.1 Å². The summed E-state index contributed by atoms with van der Waals surface area (Å²) in [6.45, 7) is 3.81. The number of fused-ring (bicyclic) bond motifs is 1. The first-order valence-electron chi connectivity index (χ1n) is 5.11. The highest BCUT2D eigenvalue weighted by Crippen LogP contribution is 2.13. The van der Waals surface area contributed by atoms with Crippen LogP contribution in [0.15, 0.2) is 12.1 Å². The monoisotopic (exact) mass is 219 g/mol. The standard InChI is InChI=1S/C11H13N3O2/c1-4-8-10(11(15)16-3)14-9(12-8)6-5-7(2)13-14/h5-6H,4H2,1-3H3. The first kappa shape index (κ1) is 10.6. The molecule has 84 valence electrons. The van der Waals surface area contributed by atoms with Gasteiger partial charge in [-0.15, -0.1) is 0 Å². The highest BCUT2D eigenvalue weighted by atomic mass is 16.5. The third-order valence-corrected chi connectivity index (χ3v) is 2.40. The van der Waals surface area contributed by atoms with Crippen LogP contribution in [0.4, 0.5) is 0 Å². The smallest absolute Gasteiger partial charge is 0.358 e. The van der Waals surface area contributed by atoms with Crippen molar-refractivity contribution in [3.05, 3.63) is 29.2 Å². The Hall–Kier alpha value is -1.91. The summed E-state index contributed by atoms with van der Waals surface area (Å²) in [4.78, 5) is 16.0. The molecule has 2 aromatic rings. The molecule has 0 bridgehead atoms. The van der Waals surface area contributed by atoms with Crippen LogP contribution >= 0.6 is 0 Å². The van der Waals surface area contributed by atoms with Gasteiger partial charge in [0.2, 0.25) is 0 Å². The van der Waals surface area contributed by atoms with Crippen molar-refractivity contribution < 1.29 is 9.53 Å². The average molecular weight is 219 g/mol. The molecule has 0 unspecified atom stereocenters. The molecule has 0 fully saturated rings. The number of hydrogen-bond acceptors (Lipinski definition) is 4. The second kappa shape index (κ2) is 3.92. The summed E-state index contributed by atoms with van der Waals surface area (Å²) >= 11 is 0. The summed E-state index contributed by atoms with van der Waals surface area (Å²) in [6.07, 6.45) is 0.673. The van der Waals surface area contributed by atoms with Crippen LogP contribution in [0.1, 0.15) is 28.8 Å². The zero-order chi connectivity index (χ0) is 11.7. The molecule has 5 nitrogen and oxygen atoms in total. The minimum absolute atomic E-state index is 0.401. The van der Waals surface area contributed by atoms with Crippen molar-refractivity contribution in [2.24, 2.45) is 0 Å². The second-order valence-corrected chi connectivity index (χ2v) is 3.50. The number of methoxy groups -OCH3 is 1. The van der Waals surface area contributed by atoms with E-state index in [0.29, 0.717) is 23.5 Å². The number of carbonyl (C=O) groups excluding carboxylic acids is 1. The second-order valence-electron chi connectivity index (χ2n) is 3.50. The first-order chi connectivity index (χ1) is 7.67. The lowest BCUT2D eigenvalue weighted by molar-refractivity contribution is 0.0590. The van der Waals surface area contributed by atoms with E-state index < -0.39 is 5.97 Å². The topological polar surface area (TPSA) is 56.5 Å². The highest BCUT2D eigenvalue weighted by Gasteiger charge is 2.19. The Morgan fingerprint density at radius 2 is 2.25 bits per heavy atom. The van der Waals surface area contributed by atoms with Crippen LogP contribution < -0.4 is 0 Å². The maximum absolute atomic E-state index is 11.7. The van der Waals surface area contributed by atoms with Gasteiger partial charge in [0, 0.05) is 0 Å². The van der Waals surface area contributed by atoms with Gasteiger partial charge in [-0.05, 0) is 25.5 Å². The number of aryl methyl sites for hydroxylation is 2. The van der Waals surface area contributed by atoms with Crippen LogP contribution in [-0.2, 0) is 11.2 Å². The fourth-order valence-electron chi connectivity index (χ4n) is 1.62. The van der Waals surface area contributed by atoms with Crippen LogP contribution in [0.5, 0.6) is 0 Å². The molecule has 0 saturated heterocycles. The van der Waals surface area contributed by atoms with Crippen molar-refractivity contribution in [3.8, 4) is 0 Å². The predicted octanol–water partition coefficient (Wildman–Crippen LogP) is 1.39. The zero-order valence-electron chi connectivity index (χ0n) is 9.52. The van der Waals surface area contributed by atoms with Crippen LogP contribution in [-0.4, -0.2) is 27.7 Å². The largest absolute Gasteiger partial charge is 0.464 e. The fourth-order valence-corrected chi connectivity index (χ4v) is 1.62. The van der Waals surface area contributed by atoms with Crippen molar-refractivity contribution in [1.82, 2.24) is 14.6 Å². The maximum atomic E-state index is 11.7. The van der Waals surface area contributed by atoms with Crippen LogP contribution in [0.25, 0.3) is 5.65 Å². The van der Waals surface area contributed by atoms with Crippen LogP contribution in [0, 0.1) is 6.92 Å². The van der Waals surface area contributed by atoms with E-state index in [4.69, 9.17) is 4.74 Å². The number of carbonyl (C=O) groups is 1. The molecule has 0 radical (unpaired) electrons. The number of hydrogen-bond donors (Lipinski definition) is 0. The molecular weight excluding hydrogens is 206 g/mol. The number of rotatable bonds is 2. The minimum atomic E-state index is -0.401. The molecule has 0 aromatic carbocycles. The lowest BCUT2D eigenvalue weighted by Gasteiger charge is -2.01. The van der Waals surface area contributed by atoms with Gasteiger partial charge in [0.1, 0.15) is 0 Å². The van der Waals surface area contributed by atoms with Crippen molar-refractivity contribution in [3.63, 3.8) is 0 Å². The average Bonchev–Trinajstić information content (AvgIpc) is 2.65. The number of aromatic nitrogens is 3. The molecule has 0 saturated carbocycles. The Bertz CT molecular complexity index is 545.